The normalized spacial score (nSPS) is 53.5. The maximum Gasteiger partial charge on any atom is 0.187 e. The van der Waals surface area contributed by atoms with Crippen molar-refractivity contribution in [2.24, 2.45) is 0 Å². The van der Waals surface area contributed by atoms with Crippen molar-refractivity contribution in [1.29, 1.82) is 0 Å². The van der Waals surface area contributed by atoms with Gasteiger partial charge < -0.3 is 179 Å². The van der Waals surface area contributed by atoms with E-state index in [9.17, 15) is 117 Å². The van der Waals surface area contributed by atoms with Crippen LogP contribution in [0.5, 0.6) is 0 Å². The van der Waals surface area contributed by atoms with Crippen LogP contribution in [0.2, 0.25) is 0 Å². The topological polar surface area (TPSA) is 585 Å². The van der Waals surface area contributed by atoms with Crippen LogP contribution in [0.4, 0.5) is 0 Å². The molecule has 0 radical (unpaired) electrons. The summed E-state index contributed by atoms with van der Waals surface area (Å²) in [5.74, 6) is 0. The molecule has 456 valence electrons. The Kier molecular flexibility index (Phi) is 22.6. The molecule has 78 heavy (non-hydrogen) atoms. The molecule has 7 fully saturated rings. The zero-order valence-corrected chi connectivity index (χ0v) is 40.8. The number of aliphatic hydroxyl groups excluding tert-OH is 23. The van der Waals surface area contributed by atoms with Gasteiger partial charge in [-0.3, -0.25) is 0 Å². The zero-order valence-electron chi connectivity index (χ0n) is 40.8. The molecule has 0 amide bonds. The maximum atomic E-state index is 11.6. The van der Waals surface area contributed by atoms with E-state index in [4.69, 9.17) is 61.6 Å². The van der Waals surface area contributed by atoms with Crippen LogP contribution in [0, 0.1) is 0 Å². The van der Waals surface area contributed by atoms with Crippen molar-refractivity contribution >= 4 is 0 Å². The number of hydrogen-bond acceptors (Lipinski definition) is 36. The molecular weight excluding hydrogens is 1080 g/mol. The minimum atomic E-state index is -2.28. The first-order chi connectivity index (χ1) is 37.0. The van der Waals surface area contributed by atoms with Gasteiger partial charge >= 0.3 is 0 Å². The van der Waals surface area contributed by atoms with Crippen LogP contribution in [-0.4, -0.2) is 379 Å². The monoisotopic (exact) mass is 1150 g/mol. The minimum Gasteiger partial charge on any atom is -0.394 e. The molecule has 0 bridgehead atoms. The first-order valence-electron chi connectivity index (χ1n) is 24.7. The van der Waals surface area contributed by atoms with Gasteiger partial charge in [0, 0.05) is 0 Å². The number of ether oxygens (including phenoxy) is 13. The highest BCUT2D eigenvalue weighted by Crippen LogP contribution is 2.37. The summed E-state index contributed by atoms with van der Waals surface area (Å²) in [6, 6.07) is 0. The van der Waals surface area contributed by atoms with Gasteiger partial charge in [-0.2, -0.15) is 0 Å². The van der Waals surface area contributed by atoms with Crippen molar-refractivity contribution in [1.82, 2.24) is 0 Å². The largest absolute Gasteiger partial charge is 0.394 e. The molecule has 36 nitrogen and oxygen atoms in total. The summed E-state index contributed by atoms with van der Waals surface area (Å²) in [6.45, 7) is -6.83. The third-order valence-electron chi connectivity index (χ3n) is 14.5. The predicted octanol–water partition coefficient (Wildman–Crippen LogP) is -16.3. The molecule has 0 saturated carbocycles. The second kappa shape index (κ2) is 27.5. The average molecular weight is 1150 g/mol. The fourth-order valence-electron chi connectivity index (χ4n) is 9.90. The van der Waals surface area contributed by atoms with Crippen molar-refractivity contribution in [3.05, 3.63) is 0 Å². The highest BCUT2D eigenvalue weighted by Gasteiger charge is 2.58. The predicted molar refractivity (Wildman–Crippen MR) is 232 cm³/mol. The minimum absolute atomic E-state index is 0.855. The number of rotatable bonds is 19. The van der Waals surface area contributed by atoms with Crippen molar-refractivity contribution in [2.75, 3.05) is 46.2 Å². The lowest BCUT2D eigenvalue weighted by Gasteiger charge is -2.49. The van der Waals surface area contributed by atoms with Crippen molar-refractivity contribution < 1.29 is 179 Å². The second-order valence-corrected chi connectivity index (χ2v) is 19.6. The molecular formula is C42H72O36. The lowest BCUT2D eigenvalue weighted by Crippen LogP contribution is -2.68. The summed E-state index contributed by atoms with van der Waals surface area (Å²) in [7, 11) is 0. The van der Waals surface area contributed by atoms with Gasteiger partial charge in [0.15, 0.2) is 44.0 Å². The molecule has 35 unspecified atom stereocenters. The Morgan fingerprint density at radius 2 is 0.449 bits per heavy atom. The van der Waals surface area contributed by atoms with Crippen LogP contribution in [0.1, 0.15) is 0 Å². The van der Waals surface area contributed by atoms with Gasteiger partial charge in [-0.05, 0) is 0 Å². The van der Waals surface area contributed by atoms with Crippen molar-refractivity contribution in [3.63, 3.8) is 0 Å². The van der Waals surface area contributed by atoms with E-state index in [0.717, 1.165) is 0 Å². The third-order valence-corrected chi connectivity index (χ3v) is 14.5. The van der Waals surface area contributed by atoms with Crippen LogP contribution in [-0.2, 0) is 61.6 Å². The second-order valence-electron chi connectivity index (χ2n) is 19.6. The van der Waals surface area contributed by atoms with Gasteiger partial charge in [-0.1, -0.05) is 0 Å². The molecule has 7 saturated heterocycles. The molecule has 7 aliphatic heterocycles. The van der Waals surface area contributed by atoms with Gasteiger partial charge in [0.25, 0.3) is 0 Å². The van der Waals surface area contributed by atoms with E-state index in [-0.39, 0.29) is 0 Å². The van der Waals surface area contributed by atoms with Crippen LogP contribution in [0.25, 0.3) is 0 Å². The molecule has 0 aromatic carbocycles. The van der Waals surface area contributed by atoms with Crippen LogP contribution < -0.4 is 0 Å². The number of aliphatic hydroxyl groups is 23. The Labute approximate surface area is 439 Å². The lowest BCUT2D eigenvalue weighted by molar-refractivity contribution is -0.394. The summed E-state index contributed by atoms with van der Waals surface area (Å²) in [6.07, 6.45) is -68.4. The Bertz CT molecular complexity index is 1810. The van der Waals surface area contributed by atoms with Gasteiger partial charge in [0.2, 0.25) is 0 Å². The zero-order chi connectivity index (χ0) is 57.3. The van der Waals surface area contributed by atoms with Gasteiger partial charge in [-0.25, -0.2) is 0 Å². The Morgan fingerprint density at radius 1 is 0.218 bits per heavy atom. The Hall–Kier alpha value is -1.44. The summed E-state index contributed by atoms with van der Waals surface area (Å²) in [4.78, 5) is 0. The first-order valence-corrected chi connectivity index (χ1v) is 24.7. The molecule has 7 rings (SSSR count). The van der Waals surface area contributed by atoms with E-state index in [2.05, 4.69) is 0 Å². The van der Waals surface area contributed by atoms with Gasteiger partial charge in [0.1, 0.15) is 171 Å². The summed E-state index contributed by atoms with van der Waals surface area (Å²) in [5, 5.41) is 243. The molecule has 0 aliphatic carbocycles. The molecule has 0 aromatic rings. The molecule has 7 heterocycles. The van der Waals surface area contributed by atoms with Crippen LogP contribution >= 0.6 is 0 Å². The van der Waals surface area contributed by atoms with E-state index >= 15 is 0 Å². The van der Waals surface area contributed by atoms with Gasteiger partial charge in [-0.15, -0.1) is 0 Å². The highest BCUT2D eigenvalue weighted by atomic mass is 16.8. The van der Waals surface area contributed by atoms with Crippen molar-refractivity contribution in [3.8, 4) is 0 Å². The van der Waals surface area contributed by atoms with E-state index < -0.39 is 261 Å². The molecule has 0 aromatic heterocycles. The lowest BCUT2D eigenvalue weighted by atomic mass is 9.95. The van der Waals surface area contributed by atoms with Crippen LogP contribution in [0.15, 0.2) is 0 Å². The quantitative estimate of drug-likeness (QED) is 0.0571. The smallest absolute Gasteiger partial charge is 0.187 e. The molecule has 0 spiro atoms. The Morgan fingerprint density at radius 3 is 0.769 bits per heavy atom. The van der Waals surface area contributed by atoms with Gasteiger partial charge in [0.05, 0.1) is 46.2 Å². The maximum absolute atomic E-state index is 11.6. The van der Waals surface area contributed by atoms with E-state index in [1.165, 1.54) is 0 Å². The van der Waals surface area contributed by atoms with Crippen LogP contribution in [0.3, 0.4) is 0 Å². The fraction of sp³-hybridized carbons (Fsp3) is 1.00. The molecule has 7 aliphatic rings. The van der Waals surface area contributed by atoms with E-state index in [1.54, 1.807) is 0 Å². The highest BCUT2D eigenvalue weighted by molar-refractivity contribution is 5.00. The molecule has 35 atom stereocenters. The summed E-state index contributed by atoms with van der Waals surface area (Å²) >= 11 is 0. The summed E-state index contributed by atoms with van der Waals surface area (Å²) < 4.78 is 72.6. The number of hydrogen-bond donors (Lipinski definition) is 23. The fourth-order valence-corrected chi connectivity index (χ4v) is 9.90. The SMILES string of the molecule is OCC1OC(OC2C(CO)OC(OC3C(CO)OC(OCC4OC(OC5C(CO)OC(O)C(O)C5O)C(O)C(O)C4OC4OC(CO)C(OC5OC(CO)C(O)C(O)C5O)C(O)C4O)C(O)C3O)C(O)C2O)C(O)C(O)C1O. The average Bonchev–Trinajstić information content (AvgIpc) is 3.50. The summed E-state index contributed by atoms with van der Waals surface area (Å²) in [5.41, 5.74) is 0. The Balaban J connectivity index is 1.06. The third kappa shape index (κ3) is 13.1. The van der Waals surface area contributed by atoms with E-state index in [1.807, 2.05) is 0 Å². The first kappa shape index (κ1) is 64.1. The van der Waals surface area contributed by atoms with Crippen molar-refractivity contribution in [2.45, 2.75) is 215 Å². The molecule has 36 heteroatoms. The molecule has 23 N–H and O–H groups in total. The standard InChI is InChI=1S/C42H72O36/c43-1-8-15(49)17(51)25(59)38(68-8)75-33-12(5-47)71-40(28(62)21(33)55)77-32-11(4-46)70-37(27(61)20(32)54)66-7-14-35(23(57)30(64)42(73-14)74-31-10(3-45)67-36(65)24(58)19(31)53)78-41-29(63)22(56)34(13(6-48)72-41)76-39-26(60)18(52)16(50)9(2-44)69-39/h8-65H,1-7H2. The van der Waals surface area contributed by atoms with E-state index in [0.29, 0.717) is 0 Å².